The van der Waals surface area contributed by atoms with Crippen LogP contribution in [0.25, 0.3) is 0 Å². The number of nitrogens with two attached hydrogens (primary N) is 1. The molecule has 0 spiro atoms. The Morgan fingerprint density at radius 2 is 2.33 bits per heavy atom. The molecule has 0 atom stereocenters. The maximum absolute atomic E-state index is 11.4. The van der Waals surface area contributed by atoms with Crippen molar-refractivity contribution in [1.82, 2.24) is 15.6 Å². The lowest BCUT2D eigenvalue weighted by molar-refractivity contribution is 0.244. The minimum atomic E-state index is -0.406. The van der Waals surface area contributed by atoms with Crippen molar-refractivity contribution in [2.45, 2.75) is 13.8 Å². The average Bonchev–Trinajstić information content (AvgIpc) is 2.29. The topological polar surface area (TPSA) is 92.4 Å². The van der Waals surface area contributed by atoms with Gasteiger partial charge in [0.1, 0.15) is 0 Å². The summed E-state index contributed by atoms with van der Waals surface area (Å²) in [4.78, 5) is 19.2. The van der Waals surface area contributed by atoms with Crippen molar-refractivity contribution in [1.29, 1.82) is 0 Å². The van der Waals surface area contributed by atoms with Gasteiger partial charge in [0.15, 0.2) is 5.82 Å². The smallest absolute Gasteiger partial charge is 0.321 e. The number of hydrogen-bond donors (Lipinski definition) is 3. The lowest BCUT2D eigenvalue weighted by atomic mass is 10.2. The van der Waals surface area contributed by atoms with Crippen LogP contribution in [0.3, 0.4) is 0 Å². The van der Waals surface area contributed by atoms with Gasteiger partial charge in [-0.05, 0) is 18.1 Å². The Labute approximate surface area is 111 Å². The Morgan fingerprint density at radius 1 is 1.61 bits per heavy atom. The second-order valence-corrected chi connectivity index (χ2v) is 4.44. The molecule has 7 heteroatoms. The van der Waals surface area contributed by atoms with Crippen LogP contribution in [0.2, 0.25) is 5.02 Å². The lowest BCUT2D eigenvalue weighted by Gasteiger charge is -2.08. The van der Waals surface area contributed by atoms with Crippen molar-refractivity contribution in [3.8, 4) is 0 Å². The molecule has 0 aliphatic heterocycles. The van der Waals surface area contributed by atoms with Gasteiger partial charge in [0, 0.05) is 12.7 Å². The van der Waals surface area contributed by atoms with Crippen molar-refractivity contribution >= 4 is 29.4 Å². The van der Waals surface area contributed by atoms with Crippen LogP contribution >= 0.6 is 11.6 Å². The van der Waals surface area contributed by atoms with Crippen LogP contribution in [0.15, 0.2) is 23.3 Å². The van der Waals surface area contributed by atoms with E-state index in [0.717, 1.165) is 0 Å². The Kier molecular flexibility index (Phi) is 5.38. The zero-order chi connectivity index (χ0) is 13.5. The number of rotatable bonds is 3. The Morgan fingerprint density at radius 3 is 2.94 bits per heavy atom. The number of halogens is 1. The van der Waals surface area contributed by atoms with E-state index in [2.05, 4.69) is 20.6 Å². The van der Waals surface area contributed by atoms with E-state index < -0.39 is 6.03 Å². The quantitative estimate of drug-likeness (QED) is 0.575. The third kappa shape index (κ3) is 5.01. The van der Waals surface area contributed by atoms with E-state index in [9.17, 15) is 4.79 Å². The molecule has 0 aliphatic rings. The first-order valence-electron chi connectivity index (χ1n) is 5.48. The molecule has 1 aromatic rings. The molecular weight excluding hydrogens is 254 g/mol. The molecule has 1 rings (SSSR count). The van der Waals surface area contributed by atoms with Gasteiger partial charge in [0.2, 0.25) is 5.96 Å². The molecule has 0 saturated carbocycles. The van der Waals surface area contributed by atoms with Gasteiger partial charge in [0.05, 0.1) is 5.02 Å². The molecule has 0 aliphatic carbocycles. The zero-order valence-electron chi connectivity index (χ0n) is 10.3. The summed E-state index contributed by atoms with van der Waals surface area (Å²) >= 11 is 5.85. The van der Waals surface area contributed by atoms with E-state index in [1.165, 1.54) is 6.20 Å². The van der Waals surface area contributed by atoms with Crippen molar-refractivity contribution in [3.63, 3.8) is 0 Å². The van der Waals surface area contributed by atoms with E-state index in [4.69, 9.17) is 17.3 Å². The summed E-state index contributed by atoms with van der Waals surface area (Å²) in [5.41, 5.74) is 5.56. The van der Waals surface area contributed by atoms with Crippen LogP contribution in [0.4, 0.5) is 10.6 Å². The zero-order valence-corrected chi connectivity index (χ0v) is 11.0. The number of guanidine groups is 1. The standard InChI is InChI=1S/C11H16ClN5O/c1-7(2)6-15-11(18)17-10(13)16-9-8(12)4-3-5-14-9/h3-5,7H,6H2,1-2H3,(H4,13,14,15,16,17,18). The monoisotopic (exact) mass is 269 g/mol. The SMILES string of the molecule is CC(C)CNC(=O)N/C(N)=N/c1ncccc1Cl. The minimum absolute atomic E-state index is 0.0585. The summed E-state index contributed by atoms with van der Waals surface area (Å²) in [5.74, 6) is 0.567. The van der Waals surface area contributed by atoms with Gasteiger partial charge in [-0.2, -0.15) is 4.99 Å². The Balaban J connectivity index is 2.57. The van der Waals surface area contributed by atoms with Crippen LogP contribution in [0, 0.1) is 5.92 Å². The number of nitrogens with one attached hydrogen (secondary N) is 2. The highest BCUT2D eigenvalue weighted by Gasteiger charge is 2.04. The first kappa shape index (κ1) is 14.2. The highest BCUT2D eigenvalue weighted by molar-refractivity contribution is 6.32. The highest BCUT2D eigenvalue weighted by Crippen LogP contribution is 2.19. The van der Waals surface area contributed by atoms with Gasteiger partial charge < -0.3 is 11.1 Å². The van der Waals surface area contributed by atoms with Gasteiger partial charge in [-0.3, -0.25) is 5.32 Å². The van der Waals surface area contributed by atoms with Gasteiger partial charge in [-0.15, -0.1) is 0 Å². The molecule has 6 nitrogen and oxygen atoms in total. The molecule has 98 valence electrons. The lowest BCUT2D eigenvalue weighted by Crippen LogP contribution is -2.44. The van der Waals surface area contributed by atoms with Gasteiger partial charge in [-0.1, -0.05) is 25.4 Å². The number of urea groups is 1. The minimum Gasteiger partial charge on any atom is -0.369 e. The number of aliphatic imine (C=N–C) groups is 1. The maximum atomic E-state index is 11.4. The van der Waals surface area contributed by atoms with E-state index in [1.54, 1.807) is 12.1 Å². The van der Waals surface area contributed by atoms with Crippen molar-refractivity contribution in [2.24, 2.45) is 16.6 Å². The molecule has 0 bridgehead atoms. The number of aromatic nitrogens is 1. The highest BCUT2D eigenvalue weighted by atomic mass is 35.5. The van der Waals surface area contributed by atoms with Crippen LogP contribution < -0.4 is 16.4 Å². The second-order valence-electron chi connectivity index (χ2n) is 4.03. The van der Waals surface area contributed by atoms with E-state index in [1.807, 2.05) is 13.8 Å². The second kappa shape index (κ2) is 6.80. The summed E-state index contributed by atoms with van der Waals surface area (Å²) in [6.07, 6.45) is 1.54. The fourth-order valence-electron chi connectivity index (χ4n) is 1.06. The summed E-state index contributed by atoms with van der Waals surface area (Å²) in [7, 11) is 0. The summed E-state index contributed by atoms with van der Waals surface area (Å²) < 4.78 is 0. The van der Waals surface area contributed by atoms with Crippen molar-refractivity contribution in [2.75, 3.05) is 6.54 Å². The largest absolute Gasteiger partial charge is 0.369 e. The normalized spacial score (nSPS) is 11.4. The molecule has 0 saturated heterocycles. The predicted molar refractivity (Wildman–Crippen MR) is 71.9 cm³/mol. The molecule has 0 aromatic carbocycles. The van der Waals surface area contributed by atoms with Gasteiger partial charge in [-0.25, -0.2) is 9.78 Å². The molecule has 4 N–H and O–H groups in total. The van der Waals surface area contributed by atoms with Crippen LogP contribution in [0.1, 0.15) is 13.8 Å². The van der Waals surface area contributed by atoms with Crippen LogP contribution in [-0.2, 0) is 0 Å². The third-order valence-electron chi connectivity index (χ3n) is 1.88. The third-order valence-corrected chi connectivity index (χ3v) is 2.17. The van der Waals surface area contributed by atoms with Crippen LogP contribution in [-0.4, -0.2) is 23.5 Å². The molecule has 2 amide bonds. The number of carbonyl (C=O) groups is 1. The fraction of sp³-hybridized carbons (Fsp3) is 0.364. The van der Waals surface area contributed by atoms with Gasteiger partial charge >= 0.3 is 6.03 Å². The number of hydrogen-bond acceptors (Lipinski definition) is 3. The molecular formula is C11H16ClN5O. The molecule has 1 aromatic heterocycles. The van der Waals surface area contributed by atoms with Crippen molar-refractivity contribution in [3.05, 3.63) is 23.4 Å². The predicted octanol–water partition coefficient (Wildman–Crippen LogP) is 1.64. The van der Waals surface area contributed by atoms with E-state index in [0.29, 0.717) is 17.5 Å². The first-order chi connectivity index (χ1) is 8.49. The molecule has 0 unspecified atom stereocenters. The summed E-state index contributed by atoms with van der Waals surface area (Å²) in [6.45, 7) is 4.54. The van der Waals surface area contributed by atoms with E-state index in [-0.39, 0.29) is 11.8 Å². The number of carbonyl (C=O) groups excluding carboxylic acids is 1. The fourth-order valence-corrected chi connectivity index (χ4v) is 1.22. The average molecular weight is 270 g/mol. The maximum Gasteiger partial charge on any atom is 0.321 e. The Hall–Kier alpha value is -1.82. The Bertz CT molecular complexity index is 447. The summed E-state index contributed by atoms with van der Waals surface area (Å²) in [6, 6.07) is 2.91. The van der Waals surface area contributed by atoms with Crippen LogP contribution in [0.5, 0.6) is 0 Å². The number of pyridine rings is 1. The molecule has 0 radical (unpaired) electrons. The summed E-state index contributed by atoms with van der Waals surface area (Å²) in [5, 5.41) is 5.40. The number of nitrogens with zero attached hydrogens (tertiary/aromatic N) is 2. The van der Waals surface area contributed by atoms with Crippen molar-refractivity contribution < 1.29 is 4.79 Å². The van der Waals surface area contributed by atoms with E-state index >= 15 is 0 Å². The molecule has 0 fully saturated rings. The number of amides is 2. The van der Waals surface area contributed by atoms with Gasteiger partial charge in [0.25, 0.3) is 0 Å². The molecule has 18 heavy (non-hydrogen) atoms. The first-order valence-corrected chi connectivity index (χ1v) is 5.86. The molecule has 1 heterocycles.